The van der Waals surface area contributed by atoms with Crippen molar-refractivity contribution in [2.24, 2.45) is 0 Å². The predicted octanol–water partition coefficient (Wildman–Crippen LogP) is 3.95. The van der Waals surface area contributed by atoms with E-state index in [1.165, 1.54) is 30.3 Å². The number of rotatable bonds is 3. The minimum Gasteiger partial charge on any atom is -0.322 e. The number of amides is 1. The second-order valence-electron chi connectivity index (χ2n) is 4.34. The van der Waals surface area contributed by atoms with Crippen LogP contribution in [0.25, 0.3) is 0 Å². The molecular formula is C14H10ClFN2O3. The Labute approximate surface area is 124 Å². The van der Waals surface area contributed by atoms with Crippen molar-refractivity contribution in [1.82, 2.24) is 0 Å². The van der Waals surface area contributed by atoms with E-state index in [0.717, 1.165) is 6.07 Å². The van der Waals surface area contributed by atoms with Crippen molar-refractivity contribution >= 4 is 28.9 Å². The zero-order valence-electron chi connectivity index (χ0n) is 10.9. The number of nitro groups is 1. The van der Waals surface area contributed by atoms with Crippen molar-refractivity contribution in [3.05, 3.63) is 68.5 Å². The highest BCUT2D eigenvalue weighted by Gasteiger charge is 2.16. The average Bonchev–Trinajstić information content (AvgIpc) is 2.42. The van der Waals surface area contributed by atoms with Crippen LogP contribution in [0.5, 0.6) is 0 Å². The molecule has 7 heteroatoms. The number of benzene rings is 2. The zero-order valence-corrected chi connectivity index (χ0v) is 11.6. The number of hydrogen-bond acceptors (Lipinski definition) is 3. The largest absolute Gasteiger partial charge is 0.322 e. The maximum absolute atomic E-state index is 13.2. The molecule has 1 amide bonds. The van der Waals surface area contributed by atoms with E-state index in [0.29, 0.717) is 11.3 Å². The van der Waals surface area contributed by atoms with Gasteiger partial charge in [-0.25, -0.2) is 4.39 Å². The average molecular weight is 309 g/mol. The van der Waals surface area contributed by atoms with Crippen LogP contribution in [0.3, 0.4) is 0 Å². The Kier molecular flexibility index (Phi) is 4.18. The molecule has 2 rings (SSSR count). The van der Waals surface area contributed by atoms with Crippen molar-refractivity contribution < 1.29 is 14.1 Å². The summed E-state index contributed by atoms with van der Waals surface area (Å²) in [6.45, 7) is 1.72. The van der Waals surface area contributed by atoms with Crippen LogP contribution in [-0.2, 0) is 0 Å². The van der Waals surface area contributed by atoms with Gasteiger partial charge in [-0.2, -0.15) is 0 Å². The van der Waals surface area contributed by atoms with Gasteiger partial charge in [0.05, 0.1) is 4.92 Å². The van der Waals surface area contributed by atoms with Crippen molar-refractivity contribution in [3.63, 3.8) is 0 Å². The van der Waals surface area contributed by atoms with E-state index in [1.807, 2.05) is 0 Å². The van der Waals surface area contributed by atoms with Crippen molar-refractivity contribution in [1.29, 1.82) is 0 Å². The van der Waals surface area contributed by atoms with E-state index in [-0.39, 0.29) is 16.3 Å². The molecule has 0 heterocycles. The molecule has 0 aliphatic rings. The summed E-state index contributed by atoms with van der Waals surface area (Å²) in [5.74, 6) is -1.00. The lowest BCUT2D eigenvalue weighted by molar-refractivity contribution is -0.384. The Balaban J connectivity index is 2.26. The number of hydrogen-bond donors (Lipinski definition) is 1. The van der Waals surface area contributed by atoms with Gasteiger partial charge >= 0.3 is 0 Å². The lowest BCUT2D eigenvalue weighted by Crippen LogP contribution is -2.13. The van der Waals surface area contributed by atoms with Gasteiger partial charge in [0, 0.05) is 17.3 Å². The van der Waals surface area contributed by atoms with Crippen LogP contribution in [-0.4, -0.2) is 10.8 Å². The summed E-state index contributed by atoms with van der Waals surface area (Å²) < 4.78 is 13.2. The minimum absolute atomic E-state index is 0.136. The molecule has 1 N–H and O–H groups in total. The van der Waals surface area contributed by atoms with Crippen LogP contribution in [0, 0.1) is 22.9 Å². The fourth-order valence-corrected chi connectivity index (χ4v) is 1.97. The Morgan fingerprint density at radius 1 is 1.29 bits per heavy atom. The molecular weight excluding hydrogens is 299 g/mol. The highest BCUT2D eigenvalue weighted by molar-refractivity contribution is 6.33. The Morgan fingerprint density at radius 2 is 2.00 bits per heavy atom. The highest BCUT2D eigenvalue weighted by atomic mass is 35.5. The molecule has 0 aliphatic carbocycles. The number of halogens is 2. The fourth-order valence-electron chi connectivity index (χ4n) is 1.72. The van der Waals surface area contributed by atoms with Crippen LogP contribution >= 0.6 is 11.6 Å². The van der Waals surface area contributed by atoms with Gasteiger partial charge in [-0.05, 0) is 36.8 Å². The molecule has 0 spiro atoms. The molecule has 0 atom stereocenters. The minimum atomic E-state index is -0.638. The van der Waals surface area contributed by atoms with E-state index < -0.39 is 16.6 Å². The van der Waals surface area contributed by atoms with Crippen molar-refractivity contribution in [2.45, 2.75) is 6.92 Å². The fraction of sp³-hybridized carbons (Fsp3) is 0.0714. The standard InChI is InChI=1S/C14H10ClFN2O3/c1-8-2-4-10(16)7-12(8)17-14(19)9-3-5-13(18(20)21)11(15)6-9/h2-7H,1H3,(H,17,19). The van der Waals surface area contributed by atoms with Gasteiger partial charge in [0.1, 0.15) is 10.8 Å². The maximum atomic E-state index is 13.2. The number of nitrogens with one attached hydrogen (secondary N) is 1. The summed E-state index contributed by atoms with van der Waals surface area (Å²) in [6, 6.07) is 7.65. The van der Waals surface area contributed by atoms with E-state index in [2.05, 4.69) is 5.32 Å². The summed E-state index contributed by atoms with van der Waals surface area (Å²) in [5, 5.41) is 13.1. The van der Waals surface area contributed by atoms with Crippen LogP contribution in [0.15, 0.2) is 36.4 Å². The third-order valence-corrected chi connectivity index (χ3v) is 3.16. The summed E-state index contributed by atoms with van der Waals surface area (Å²) >= 11 is 5.75. The predicted molar refractivity (Wildman–Crippen MR) is 77.2 cm³/mol. The van der Waals surface area contributed by atoms with Gasteiger partial charge in [0.15, 0.2) is 0 Å². The monoisotopic (exact) mass is 308 g/mol. The molecule has 0 unspecified atom stereocenters. The van der Waals surface area contributed by atoms with Crippen LogP contribution in [0.2, 0.25) is 5.02 Å². The number of nitro benzene ring substituents is 1. The van der Waals surface area contributed by atoms with Crippen LogP contribution in [0.1, 0.15) is 15.9 Å². The first kappa shape index (κ1) is 14.9. The summed E-state index contributed by atoms with van der Waals surface area (Å²) in [4.78, 5) is 22.1. The summed E-state index contributed by atoms with van der Waals surface area (Å²) in [7, 11) is 0. The Hall–Kier alpha value is -2.47. The molecule has 5 nitrogen and oxygen atoms in total. The second kappa shape index (κ2) is 5.88. The van der Waals surface area contributed by atoms with Gasteiger partial charge in [-0.1, -0.05) is 17.7 Å². The smallest absolute Gasteiger partial charge is 0.287 e. The molecule has 0 aromatic heterocycles. The van der Waals surface area contributed by atoms with Gasteiger partial charge in [-0.15, -0.1) is 0 Å². The first-order valence-electron chi connectivity index (χ1n) is 5.90. The molecule has 0 saturated heterocycles. The lowest BCUT2D eigenvalue weighted by atomic mass is 10.1. The third kappa shape index (κ3) is 3.35. The van der Waals surface area contributed by atoms with Gasteiger partial charge in [0.25, 0.3) is 11.6 Å². The molecule has 108 valence electrons. The number of nitrogens with zero attached hydrogens (tertiary/aromatic N) is 1. The topological polar surface area (TPSA) is 72.2 Å². The molecule has 2 aromatic rings. The van der Waals surface area contributed by atoms with Gasteiger partial charge in [-0.3, -0.25) is 14.9 Å². The molecule has 0 radical (unpaired) electrons. The van der Waals surface area contributed by atoms with Gasteiger partial charge < -0.3 is 5.32 Å². The van der Waals surface area contributed by atoms with Crippen molar-refractivity contribution in [3.8, 4) is 0 Å². The van der Waals surface area contributed by atoms with E-state index in [9.17, 15) is 19.3 Å². The quantitative estimate of drug-likeness (QED) is 0.689. The summed E-state index contributed by atoms with van der Waals surface area (Å²) in [6.07, 6.45) is 0. The summed E-state index contributed by atoms with van der Waals surface area (Å²) in [5.41, 5.74) is 0.886. The number of carbonyl (C=O) groups is 1. The number of aryl methyl sites for hydroxylation is 1. The van der Waals surface area contributed by atoms with Crippen molar-refractivity contribution in [2.75, 3.05) is 5.32 Å². The molecule has 0 aliphatic heterocycles. The number of carbonyl (C=O) groups excluding carboxylic acids is 1. The van der Waals surface area contributed by atoms with E-state index >= 15 is 0 Å². The van der Waals surface area contributed by atoms with Crippen LogP contribution in [0.4, 0.5) is 15.8 Å². The normalized spacial score (nSPS) is 10.2. The highest BCUT2D eigenvalue weighted by Crippen LogP contribution is 2.25. The van der Waals surface area contributed by atoms with E-state index in [1.54, 1.807) is 6.92 Å². The lowest BCUT2D eigenvalue weighted by Gasteiger charge is -2.08. The Morgan fingerprint density at radius 3 is 2.62 bits per heavy atom. The van der Waals surface area contributed by atoms with Crippen LogP contribution < -0.4 is 5.32 Å². The molecule has 0 bridgehead atoms. The second-order valence-corrected chi connectivity index (χ2v) is 4.74. The maximum Gasteiger partial charge on any atom is 0.287 e. The molecule has 21 heavy (non-hydrogen) atoms. The van der Waals surface area contributed by atoms with E-state index in [4.69, 9.17) is 11.6 Å². The molecule has 2 aromatic carbocycles. The van der Waals surface area contributed by atoms with Gasteiger partial charge in [0.2, 0.25) is 0 Å². The molecule has 0 saturated carbocycles. The SMILES string of the molecule is Cc1ccc(F)cc1NC(=O)c1ccc([N+](=O)[O-])c(Cl)c1. The first-order chi connectivity index (χ1) is 9.88. The Bertz CT molecular complexity index is 734. The molecule has 0 fully saturated rings. The third-order valence-electron chi connectivity index (χ3n) is 2.85. The first-order valence-corrected chi connectivity index (χ1v) is 6.27. The number of anilines is 1. The zero-order chi connectivity index (χ0) is 15.6.